The Balaban J connectivity index is 2.84. The number of likely N-dealkylation sites (N-methyl/N-ethyl adjacent to an activating group) is 2. The van der Waals surface area contributed by atoms with Gasteiger partial charge in [0, 0.05) is 25.7 Å². The zero-order valence-electron chi connectivity index (χ0n) is 13.9. The van der Waals surface area contributed by atoms with Gasteiger partial charge >= 0.3 is 0 Å². The first-order chi connectivity index (χ1) is 9.99. The summed E-state index contributed by atoms with van der Waals surface area (Å²) in [6, 6.07) is 5.71. The number of nitrogens with one attached hydrogen (secondary N) is 1. The third-order valence-electron chi connectivity index (χ3n) is 3.29. The fourth-order valence-electron chi connectivity index (χ4n) is 2.33. The van der Waals surface area contributed by atoms with E-state index in [1.54, 1.807) is 6.07 Å². The Kier molecular flexibility index (Phi) is 7.15. The predicted molar refractivity (Wildman–Crippen MR) is 87.7 cm³/mol. The second-order valence-corrected chi connectivity index (χ2v) is 5.54. The lowest BCUT2D eigenvalue weighted by atomic mass is 10.2. The zero-order chi connectivity index (χ0) is 15.8. The smallest absolute Gasteiger partial charge is 0.272 e. The Morgan fingerprint density at radius 3 is 2.62 bits per heavy atom. The van der Waals surface area contributed by atoms with Gasteiger partial charge in [-0.05, 0) is 46.5 Å². The molecule has 118 valence electrons. The van der Waals surface area contributed by atoms with Crippen LogP contribution in [0.3, 0.4) is 0 Å². The van der Waals surface area contributed by atoms with Crippen LogP contribution in [0.2, 0.25) is 0 Å². The van der Waals surface area contributed by atoms with Crippen molar-refractivity contribution in [1.29, 1.82) is 0 Å². The summed E-state index contributed by atoms with van der Waals surface area (Å²) in [6.07, 6.45) is 1.03. The average Bonchev–Trinajstić information content (AvgIpc) is 2.45. The van der Waals surface area contributed by atoms with Gasteiger partial charge in [-0.3, -0.25) is 4.79 Å². The molecule has 0 aliphatic heterocycles. The van der Waals surface area contributed by atoms with Crippen molar-refractivity contribution in [1.82, 2.24) is 14.8 Å². The molecule has 0 bridgehead atoms. The minimum Gasteiger partial charge on any atom is -0.370 e. The number of carbonyl (C=O) groups excluding carboxylic acids is 1. The molecule has 0 spiro atoms. The van der Waals surface area contributed by atoms with Crippen molar-refractivity contribution in [3.8, 4) is 0 Å². The molecule has 1 rings (SSSR count). The van der Waals surface area contributed by atoms with Gasteiger partial charge in [0.1, 0.15) is 11.5 Å². The maximum atomic E-state index is 12.6. The van der Waals surface area contributed by atoms with Crippen LogP contribution in [0.1, 0.15) is 37.7 Å². The van der Waals surface area contributed by atoms with Gasteiger partial charge < -0.3 is 15.1 Å². The summed E-state index contributed by atoms with van der Waals surface area (Å²) in [6.45, 7) is 8.56. The van der Waals surface area contributed by atoms with Gasteiger partial charge in [0.05, 0.1) is 0 Å². The third kappa shape index (κ3) is 5.34. The number of aromatic nitrogens is 1. The Labute approximate surface area is 128 Å². The van der Waals surface area contributed by atoms with E-state index in [1.807, 2.05) is 38.1 Å². The highest BCUT2D eigenvalue weighted by molar-refractivity contribution is 5.92. The molecule has 1 amide bonds. The number of hydrogen-bond donors (Lipinski definition) is 1. The van der Waals surface area contributed by atoms with E-state index in [0.717, 1.165) is 25.3 Å². The molecule has 1 atom stereocenters. The SMILES string of the molecule is CCCNc1cccc(C(=O)N(CC)C(C)CN(C)C)n1. The van der Waals surface area contributed by atoms with Gasteiger partial charge in [-0.1, -0.05) is 13.0 Å². The van der Waals surface area contributed by atoms with Gasteiger partial charge in [-0.25, -0.2) is 4.98 Å². The molecule has 0 radical (unpaired) electrons. The lowest BCUT2D eigenvalue weighted by molar-refractivity contribution is 0.0673. The summed E-state index contributed by atoms with van der Waals surface area (Å²) in [5.74, 6) is 0.756. The summed E-state index contributed by atoms with van der Waals surface area (Å²) < 4.78 is 0. The van der Waals surface area contributed by atoms with Crippen molar-refractivity contribution >= 4 is 11.7 Å². The summed E-state index contributed by atoms with van der Waals surface area (Å²) in [4.78, 5) is 21.0. The van der Waals surface area contributed by atoms with E-state index in [2.05, 4.69) is 29.0 Å². The van der Waals surface area contributed by atoms with E-state index in [1.165, 1.54) is 0 Å². The minimum absolute atomic E-state index is 0.00741. The number of hydrogen-bond acceptors (Lipinski definition) is 4. The van der Waals surface area contributed by atoms with E-state index in [-0.39, 0.29) is 11.9 Å². The molecule has 21 heavy (non-hydrogen) atoms. The van der Waals surface area contributed by atoms with Crippen LogP contribution in [0.4, 0.5) is 5.82 Å². The highest BCUT2D eigenvalue weighted by Crippen LogP contribution is 2.10. The maximum Gasteiger partial charge on any atom is 0.272 e. The number of carbonyl (C=O) groups is 1. The van der Waals surface area contributed by atoms with Crippen molar-refractivity contribution < 1.29 is 4.79 Å². The van der Waals surface area contributed by atoms with Crippen molar-refractivity contribution in [2.75, 3.05) is 39.0 Å². The van der Waals surface area contributed by atoms with Crippen LogP contribution in [-0.4, -0.2) is 60.5 Å². The number of pyridine rings is 1. The van der Waals surface area contributed by atoms with Crippen molar-refractivity contribution in [2.45, 2.75) is 33.2 Å². The zero-order valence-corrected chi connectivity index (χ0v) is 13.9. The van der Waals surface area contributed by atoms with E-state index in [0.29, 0.717) is 12.2 Å². The quantitative estimate of drug-likeness (QED) is 0.799. The molecular weight excluding hydrogens is 264 g/mol. The molecule has 1 heterocycles. The summed E-state index contributed by atoms with van der Waals surface area (Å²) in [5.41, 5.74) is 0.503. The molecule has 0 saturated heterocycles. The van der Waals surface area contributed by atoms with Gasteiger partial charge in [-0.15, -0.1) is 0 Å². The fraction of sp³-hybridized carbons (Fsp3) is 0.625. The van der Waals surface area contributed by atoms with E-state index in [4.69, 9.17) is 0 Å². The molecule has 0 aliphatic carbocycles. The second-order valence-electron chi connectivity index (χ2n) is 5.54. The Morgan fingerprint density at radius 1 is 1.33 bits per heavy atom. The van der Waals surface area contributed by atoms with Gasteiger partial charge in [0.15, 0.2) is 0 Å². The molecular formula is C16H28N4O. The van der Waals surface area contributed by atoms with Crippen LogP contribution in [0.15, 0.2) is 18.2 Å². The minimum atomic E-state index is -0.00741. The molecule has 0 saturated carbocycles. The van der Waals surface area contributed by atoms with Crippen LogP contribution < -0.4 is 5.32 Å². The first-order valence-electron chi connectivity index (χ1n) is 7.66. The third-order valence-corrected chi connectivity index (χ3v) is 3.29. The number of rotatable bonds is 8. The van der Waals surface area contributed by atoms with Gasteiger partial charge in [0.2, 0.25) is 0 Å². The fourth-order valence-corrected chi connectivity index (χ4v) is 2.33. The molecule has 1 unspecified atom stereocenters. The lowest BCUT2D eigenvalue weighted by Gasteiger charge is -2.30. The molecule has 1 N–H and O–H groups in total. The van der Waals surface area contributed by atoms with Crippen LogP contribution in [0.5, 0.6) is 0 Å². The predicted octanol–water partition coefficient (Wildman–Crippen LogP) is 2.32. The largest absolute Gasteiger partial charge is 0.370 e. The standard InChI is InChI=1S/C16H28N4O/c1-6-11-17-15-10-8-9-14(18-15)16(21)20(7-2)13(3)12-19(4)5/h8-10,13H,6-7,11-12H2,1-5H3,(H,17,18). The highest BCUT2D eigenvalue weighted by atomic mass is 16.2. The van der Waals surface area contributed by atoms with Crippen LogP contribution in [0, 0.1) is 0 Å². The Bertz CT molecular complexity index is 448. The summed E-state index contributed by atoms with van der Waals surface area (Å²) >= 11 is 0. The second kappa shape index (κ2) is 8.62. The van der Waals surface area contributed by atoms with Crippen molar-refractivity contribution in [3.63, 3.8) is 0 Å². The Hall–Kier alpha value is -1.62. The monoisotopic (exact) mass is 292 g/mol. The molecule has 1 aromatic rings. The Morgan fingerprint density at radius 2 is 2.05 bits per heavy atom. The first kappa shape index (κ1) is 17.4. The number of amides is 1. The average molecular weight is 292 g/mol. The summed E-state index contributed by atoms with van der Waals surface area (Å²) in [7, 11) is 4.03. The van der Waals surface area contributed by atoms with Crippen LogP contribution in [0.25, 0.3) is 0 Å². The van der Waals surface area contributed by atoms with E-state index >= 15 is 0 Å². The topological polar surface area (TPSA) is 48.5 Å². The molecule has 5 heteroatoms. The molecule has 0 fully saturated rings. The lowest BCUT2D eigenvalue weighted by Crippen LogP contribution is -2.44. The maximum absolute atomic E-state index is 12.6. The number of nitrogens with zero attached hydrogens (tertiary/aromatic N) is 3. The molecule has 0 aliphatic rings. The first-order valence-corrected chi connectivity index (χ1v) is 7.66. The van der Waals surface area contributed by atoms with E-state index < -0.39 is 0 Å². The molecule has 5 nitrogen and oxygen atoms in total. The van der Waals surface area contributed by atoms with Crippen LogP contribution in [-0.2, 0) is 0 Å². The summed E-state index contributed by atoms with van der Waals surface area (Å²) in [5, 5.41) is 3.22. The van der Waals surface area contributed by atoms with Crippen molar-refractivity contribution in [2.24, 2.45) is 0 Å². The van der Waals surface area contributed by atoms with Crippen LogP contribution >= 0.6 is 0 Å². The van der Waals surface area contributed by atoms with E-state index in [9.17, 15) is 4.79 Å². The molecule has 0 aromatic carbocycles. The van der Waals surface area contributed by atoms with Crippen molar-refractivity contribution in [3.05, 3.63) is 23.9 Å². The number of anilines is 1. The highest BCUT2D eigenvalue weighted by Gasteiger charge is 2.21. The molecule has 1 aromatic heterocycles. The van der Waals surface area contributed by atoms with Gasteiger partial charge in [0.25, 0.3) is 5.91 Å². The normalized spacial score (nSPS) is 12.3. The van der Waals surface area contributed by atoms with Gasteiger partial charge in [-0.2, -0.15) is 0 Å².